The molecule has 1 aromatic heterocycles. The third-order valence-corrected chi connectivity index (χ3v) is 5.40. The van der Waals surface area contributed by atoms with Crippen LogP contribution in [0.5, 0.6) is 0 Å². The van der Waals surface area contributed by atoms with Gasteiger partial charge in [-0.1, -0.05) is 6.92 Å². The Morgan fingerprint density at radius 3 is 2.95 bits per heavy atom. The first kappa shape index (κ1) is 14.0. The molecule has 1 atom stereocenters. The van der Waals surface area contributed by atoms with Crippen molar-refractivity contribution in [1.29, 1.82) is 5.26 Å². The number of hydrogen-bond acceptors (Lipinski definition) is 4. The maximum atomic E-state index is 12.6. The Kier molecular flexibility index (Phi) is 4.17. The molecule has 1 saturated heterocycles. The van der Waals surface area contributed by atoms with Crippen LogP contribution in [0.2, 0.25) is 0 Å². The molecule has 0 amide bonds. The Labute approximate surface area is 113 Å². The van der Waals surface area contributed by atoms with E-state index in [-0.39, 0.29) is 10.6 Å². The van der Waals surface area contributed by atoms with Crippen LogP contribution < -0.4 is 0 Å². The van der Waals surface area contributed by atoms with E-state index in [9.17, 15) is 8.42 Å². The molecule has 0 spiro atoms. The van der Waals surface area contributed by atoms with Gasteiger partial charge in [-0.3, -0.25) is 0 Å². The molecule has 102 valence electrons. The minimum Gasteiger partial charge on any atom is -0.244 e. The van der Waals surface area contributed by atoms with Gasteiger partial charge in [-0.2, -0.15) is 9.57 Å². The Balaban J connectivity index is 2.34. The lowest BCUT2D eigenvalue weighted by atomic mass is 10.0. The zero-order valence-electron chi connectivity index (χ0n) is 10.9. The molecule has 0 N–H and O–H groups in total. The van der Waals surface area contributed by atoms with Gasteiger partial charge in [-0.05, 0) is 37.3 Å². The fourth-order valence-electron chi connectivity index (χ4n) is 2.30. The van der Waals surface area contributed by atoms with E-state index in [2.05, 4.69) is 11.9 Å². The molecule has 2 heterocycles. The Bertz CT molecular complexity index is 592. The molecular weight excluding hydrogens is 262 g/mol. The zero-order chi connectivity index (χ0) is 13.9. The van der Waals surface area contributed by atoms with Crippen molar-refractivity contribution in [2.45, 2.75) is 31.1 Å². The topological polar surface area (TPSA) is 74.1 Å². The second-order valence-electron chi connectivity index (χ2n) is 4.90. The van der Waals surface area contributed by atoms with Crippen LogP contribution in [0, 0.1) is 17.2 Å². The Morgan fingerprint density at radius 2 is 2.21 bits per heavy atom. The minimum absolute atomic E-state index is 0.0204. The molecular formula is C13H17N3O2S. The first-order valence-corrected chi connectivity index (χ1v) is 7.85. The lowest BCUT2D eigenvalue weighted by molar-refractivity contribution is 0.416. The standard InChI is InChI=1S/C13H17N3O2S/c1-11-4-3-8-16(9-6-11)19(17,18)13-5-2-7-15-12(13)10-14/h2,5,7,11H,3-4,6,8-9H2,1H3. The summed E-state index contributed by atoms with van der Waals surface area (Å²) in [6, 6.07) is 4.85. The molecule has 0 saturated carbocycles. The maximum Gasteiger partial charge on any atom is 0.245 e. The monoisotopic (exact) mass is 279 g/mol. The molecule has 1 aliphatic rings. The van der Waals surface area contributed by atoms with Crippen LogP contribution in [0.3, 0.4) is 0 Å². The minimum atomic E-state index is -3.60. The van der Waals surface area contributed by atoms with E-state index in [0.717, 1.165) is 19.3 Å². The molecule has 0 aromatic carbocycles. The third kappa shape index (κ3) is 2.94. The molecule has 0 radical (unpaired) electrons. The Hall–Kier alpha value is -1.45. The van der Waals surface area contributed by atoms with Gasteiger partial charge in [0.1, 0.15) is 11.0 Å². The molecule has 1 fully saturated rings. The van der Waals surface area contributed by atoms with Gasteiger partial charge in [0.05, 0.1) is 0 Å². The summed E-state index contributed by atoms with van der Waals surface area (Å²) in [5.41, 5.74) is -0.0280. The van der Waals surface area contributed by atoms with Crippen LogP contribution in [-0.2, 0) is 10.0 Å². The van der Waals surface area contributed by atoms with Crippen LogP contribution in [-0.4, -0.2) is 30.8 Å². The number of nitriles is 1. The van der Waals surface area contributed by atoms with E-state index < -0.39 is 10.0 Å². The van der Waals surface area contributed by atoms with E-state index in [1.807, 2.05) is 6.07 Å². The van der Waals surface area contributed by atoms with Crippen molar-refractivity contribution in [2.24, 2.45) is 5.92 Å². The number of rotatable bonds is 2. The first-order valence-electron chi connectivity index (χ1n) is 6.41. The number of sulfonamides is 1. The summed E-state index contributed by atoms with van der Waals surface area (Å²) >= 11 is 0. The molecule has 1 aromatic rings. The van der Waals surface area contributed by atoms with Crippen molar-refractivity contribution >= 4 is 10.0 Å². The van der Waals surface area contributed by atoms with Crippen LogP contribution >= 0.6 is 0 Å². The van der Waals surface area contributed by atoms with Gasteiger partial charge >= 0.3 is 0 Å². The summed E-state index contributed by atoms with van der Waals surface area (Å²) in [6.07, 6.45) is 4.20. The number of aromatic nitrogens is 1. The van der Waals surface area contributed by atoms with E-state index in [0.29, 0.717) is 19.0 Å². The van der Waals surface area contributed by atoms with Gasteiger partial charge in [0.25, 0.3) is 0 Å². The average Bonchev–Trinajstić information content (AvgIpc) is 2.64. The van der Waals surface area contributed by atoms with Gasteiger partial charge in [-0.25, -0.2) is 13.4 Å². The Morgan fingerprint density at radius 1 is 1.42 bits per heavy atom. The van der Waals surface area contributed by atoms with Gasteiger partial charge < -0.3 is 0 Å². The summed E-state index contributed by atoms with van der Waals surface area (Å²) in [5.74, 6) is 0.546. The van der Waals surface area contributed by atoms with Gasteiger partial charge in [-0.15, -0.1) is 0 Å². The van der Waals surface area contributed by atoms with Crippen molar-refractivity contribution in [3.05, 3.63) is 24.0 Å². The summed E-state index contributed by atoms with van der Waals surface area (Å²) in [5, 5.41) is 8.98. The fourth-order valence-corrected chi connectivity index (χ4v) is 3.89. The molecule has 6 heteroatoms. The van der Waals surface area contributed by atoms with Gasteiger partial charge in [0, 0.05) is 19.3 Å². The number of pyridine rings is 1. The normalized spacial score (nSPS) is 21.6. The van der Waals surface area contributed by atoms with E-state index in [1.54, 1.807) is 6.07 Å². The lowest BCUT2D eigenvalue weighted by Crippen LogP contribution is -2.32. The molecule has 1 aliphatic heterocycles. The van der Waals surface area contributed by atoms with Crippen LogP contribution in [0.25, 0.3) is 0 Å². The summed E-state index contributed by atoms with van der Waals surface area (Å²) in [4.78, 5) is 3.85. The van der Waals surface area contributed by atoms with Crippen molar-refractivity contribution in [2.75, 3.05) is 13.1 Å². The fraction of sp³-hybridized carbons (Fsp3) is 0.538. The first-order chi connectivity index (χ1) is 9.05. The smallest absolute Gasteiger partial charge is 0.244 e. The van der Waals surface area contributed by atoms with Crippen molar-refractivity contribution in [3.63, 3.8) is 0 Å². The molecule has 2 rings (SSSR count). The highest BCUT2D eigenvalue weighted by Crippen LogP contribution is 2.23. The summed E-state index contributed by atoms with van der Waals surface area (Å²) in [6.45, 7) is 3.18. The summed E-state index contributed by atoms with van der Waals surface area (Å²) < 4.78 is 26.6. The maximum absolute atomic E-state index is 12.6. The highest BCUT2D eigenvalue weighted by atomic mass is 32.2. The number of hydrogen-bond donors (Lipinski definition) is 0. The third-order valence-electron chi connectivity index (χ3n) is 3.47. The predicted octanol–water partition coefficient (Wildman–Crippen LogP) is 1.76. The lowest BCUT2D eigenvalue weighted by Gasteiger charge is -2.20. The van der Waals surface area contributed by atoms with Crippen LogP contribution in [0.1, 0.15) is 31.9 Å². The second kappa shape index (κ2) is 5.68. The largest absolute Gasteiger partial charge is 0.245 e. The van der Waals surface area contributed by atoms with Crippen molar-refractivity contribution in [3.8, 4) is 6.07 Å². The van der Waals surface area contributed by atoms with Gasteiger partial charge in [0.2, 0.25) is 10.0 Å². The van der Waals surface area contributed by atoms with Gasteiger partial charge in [0.15, 0.2) is 5.69 Å². The van der Waals surface area contributed by atoms with E-state index in [4.69, 9.17) is 5.26 Å². The molecule has 1 unspecified atom stereocenters. The van der Waals surface area contributed by atoms with E-state index >= 15 is 0 Å². The molecule has 19 heavy (non-hydrogen) atoms. The quantitative estimate of drug-likeness (QED) is 0.827. The second-order valence-corrected chi connectivity index (χ2v) is 6.81. The highest BCUT2D eigenvalue weighted by molar-refractivity contribution is 7.89. The number of nitrogens with zero attached hydrogens (tertiary/aromatic N) is 3. The summed E-state index contributed by atoms with van der Waals surface area (Å²) in [7, 11) is -3.60. The van der Waals surface area contributed by atoms with Crippen molar-refractivity contribution < 1.29 is 8.42 Å². The van der Waals surface area contributed by atoms with Crippen molar-refractivity contribution in [1.82, 2.24) is 9.29 Å². The molecule has 0 aliphatic carbocycles. The molecule has 5 nitrogen and oxygen atoms in total. The SMILES string of the molecule is CC1CCCN(S(=O)(=O)c2cccnc2C#N)CC1. The average molecular weight is 279 g/mol. The van der Waals surface area contributed by atoms with Crippen LogP contribution in [0.15, 0.2) is 23.2 Å². The zero-order valence-corrected chi connectivity index (χ0v) is 11.7. The molecule has 0 bridgehead atoms. The van der Waals surface area contributed by atoms with E-state index in [1.165, 1.54) is 16.6 Å². The highest BCUT2D eigenvalue weighted by Gasteiger charge is 2.29. The predicted molar refractivity (Wildman–Crippen MR) is 70.7 cm³/mol. The van der Waals surface area contributed by atoms with Crippen LogP contribution in [0.4, 0.5) is 0 Å².